The molecule has 0 spiro atoms. The van der Waals surface area contributed by atoms with E-state index < -0.39 is 0 Å². The van der Waals surface area contributed by atoms with Crippen LogP contribution in [-0.4, -0.2) is 10.1 Å². The van der Waals surface area contributed by atoms with Gasteiger partial charge in [-0.15, -0.1) is 0 Å². The molecule has 180 valence electrons. The summed E-state index contributed by atoms with van der Waals surface area (Å²) in [6.07, 6.45) is 10.0. The van der Waals surface area contributed by atoms with Crippen molar-refractivity contribution in [3.05, 3.63) is 89.6 Å². The van der Waals surface area contributed by atoms with Crippen LogP contribution in [0, 0.1) is 22.2 Å². The maximum atomic E-state index is 9.10. The van der Waals surface area contributed by atoms with Gasteiger partial charge in [-0.1, -0.05) is 92.1 Å². The zero-order chi connectivity index (χ0) is 24.8. The van der Waals surface area contributed by atoms with E-state index in [1.165, 1.54) is 42.1 Å². The molecular weight excluding hydrogens is 525 g/mol. The molecule has 2 unspecified atom stereocenters. The molecule has 4 atom stereocenters. The van der Waals surface area contributed by atoms with Crippen molar-refractivity contribution < 1.29 is 0 Å². The van der Waals surface area contributed by atoms with Gasteiger partial charge in [0.15, 0.2) is 0 Å². The van der Waals surface area contributed by atoms with Gasteiger partial charge >= 0.3 is 0 Å². The van der Waals surface area contributed by atoms with Gasteiger partial charge in [-0.3, -0.25) is 5.41 Å². The van der Waals surface area contributed by atoms with Gasteiger partial charge in [0.05, 0.1) is 5.71 Å². The fourth-order valence-electron chi connectivity index (χ4n) is 7.14. The maximum Gasteiger partial charge on any atom is 0.0699 e. The van der Waals surface area contributed by atoms with Crippen molar-refractivity contribution in [3.63, 3.8) is 0 Å². The standard InChI is InChI=1S/C32H40IN/c1-8-21(4)9-11-25(20(2)3)29-22(5)26-12-10-24(19-27(26)30(29)34)23-13-16-31(6)28(15-18-33)32(31,7)17-14-23/h8,10,12,19,23,28,34H,1-2,4-5,9,11,13-18H2,3,6-7H3/b29-25+,34-30?/t23?,28?,31-,32+. The van der Waals surface area contributed by atoms with Crippen molar-refractivity contribution in [2.24, 2.45) is 16.7 Å². The van der Waals surface area contributed by atoms with Crippen LogP contribution < -0.4 is 0 Å². The smallest absolute Gasteiger partial charge is 0.0699 e. The lowest BCUT2D eigenvalue weighted by atomic mass is 9.86. The van der Waals surface area contributed by atoms with E-state index >= 15 is 0 Å². The molecule has 0 aliphatic heterocycles. The van der Waals surface area contributed by atoms with E-state index in [0.29, 0.717) is 22.5 Å². The summed E-state index contributed by atoms with van der Waals surface area (Å²) in [5.41, 5.74) is 10.3. The van der Waals surface area contributed by atoms with E-state index in [4.69, 9.17) is 5.41 Å². The van der Waals surface area contributed by atoms with Gasteiger partial charge in [0.25, 0.3) is 0 Å². The highest BCUT2D eigenvalue weighted by Crippen LogP contribution is 2.76. The Morgan fingerprint density at radius 3 is 2.32 bits per heavy atom. The first-order chi connectivity index (χ1) is 16.1. The van der Waals surface area contributed by atoms with Crippen molar-refractivity contribution in [3.8, 4) is 0 Å². The molecule has 1 nitrogen and oxygen atoms in total. The molecule has 34 heavy (non-hydrogen) atoms. The lowest BCUT2D eigenvalue weighted by Gasteiger charge is -2.19. The van der Waals surface area contributed by atoms with Gasteiger partial charge in [-0.05, 0) is 107 Å². The van der Waals surface area contributed by atoms with Crippen molar-refractivity contribution >= 4 is 33.9 Å². The van der Waals surface area contributed by atoms with Crippen molar-refractivity contribution in [2.45, 2.75) is 71.6 Å². The Kier molecular flexibility index (Phi) is 7.03. The number of allylic oxidation sites excluding steroid dienone is 6. The third-order valence-corrected chi connectivity index (χ3v) is 10.3. The van der Waals surface area contributed by atoms with Crippen molar-refractivity contribution in [1.29, 1.82) is 5.41 Å². The molecule has 1 N–H and O–H groups in total. The summed E-state index contributed by atoms with van der Waals surface area (Å²) < 4.78 is 1.28. The Balaban J connectivity index is 1.59. The molecule has 0 heterocycles. The van der Waals surface area contributed by atoms with Gasteiger partial charge in [0, 0.05) is 11.1 Å². The summed E-state index contributed by atoms with van der Waals surface area (Å²) >= 11 is 2.55. The van der Waals surface area contributed by atoms with Crippen LogP contribution in [0.15, 0.2) is 72.9 Å². The zero-order valence-corrected chi connectivity index (χ0v) is 23.5. The molecule has 0 aromatic heterocycles. The van der Waals surface area contributed by atoms with E-state index in [1.807, 2.05) is 13.0 Å². The highest BCUT2D eigenvalue weighted by Gasteiger charge is 2.69. The van der Waals surface area contributed by atoms with Crippen LogP contribution in [0.1, 0.15) is 88.3 Å². The number of halogens is 1. The van der Waals surface area contributed by atoms with E-state index in [2.05, 4.69) is 81.0 Å². The van der Waals surface area contributed by atoms with E-state index in [1.54, 1.807) is 0 Å². The predicted octanol–water partition coefficient (Wildman–Crippen LogP) is 9.60. The van der Waals surface area contributed by atoms with Gasteiger partial charge in [0.2, 0.25) is 0 Å². The first kappa shape index (κ1) is 25.4. The minimum absolute atomic E-state index is 0.520. The molecule has 2 saturated carbocycles. The monoisotopic (exact) mass is 565 g/mol. The van der Waals surface area contributed by atoms with Crippen LogP contribution in [0.3, 0.4) is 0 Å². The van der Waals surface area contributed by atoms with Gasteiger partial charge < -0.3 is 0 Å². The number of fused-ring (bicyclic) bond motifs is 2. The summed E-state index contributed by atoms with van der Waals surface area (Å²) in [5.74, 6) is 1.50. The molecular formula is C32H40IN. The van der Waals surface area contributed by atoms with Crippen LogP contribution in [0.4, 0.5) is 0 Å². The first-order valence-corrected chi connectivity index (χ1v) is 14.3. The van der Waals surface area contributed by atoms with E-state index in [0.717, 1.165) is 57.8 Å². The molecule has 2 fully saturated rings. The number of nitrogens with one attached hydrogen (secondary N) is 1. The second-order valence-corrected chi connectivity index (χ2v) is 12.4. The van der Waals surface area contributed by atoms with E-state index in [-0.39, 0.29) is 0 Å². The Labute approximate surface area is 220 Å². The lowest BCUT2D eigenvalue weighted by molar-refractivity contribution is 0.367. The molecule has 1 aromatic carbocycles. The Morgan fingerprint density at radius 1 is 1.12 bits per heavy atom. The van der Waals surface area contributed by atoms with Gasteiger partial charge in [0.1, 0.15) is 0 Å². The first-order valence-electron chi connectivity index (χ1n) is 12.8. The molecule has 0 bridgehead atoms. The fraction of sp³-hybridized carbons (Fsp3) is 0.469. The highest BCUT2D eigenvalue weighted by atomic mass is 127. The molecule has 0 saturated heterocycles. The number of benzene rings is 1. The molecule has 0 radical (unpaired) electrons. The topological polar surface area (TPSA) is 23.9 Å². The number of hydrogen-bond donors (Lipinski definition) is 1. The van der Waals surface area contributed by atoms with Crippen LogP contribution in [0.2, 0.25) is 0 Å². The molecule has 3 aliphatic rings. The second-order valence-electron chi connectivity index (χ2n) is 11.3. The third kappa shape index (κ3) is 4.04. The SMILES string of the molecule is C=CC(=C)CC/C(C(=C)C)=C1/C(=C)c2ccc(C3CC[C@@]4(C)C(CCI)[C@@]4(C)CC3)cc2C1=N. The highest BCUT2D eigenvalue weighted by molar-refractivity contribution is 14.1. The van der Waals surface area contributed by atoms with Crippen molar-refractivity contribution in [2.75, 3.05) is 4.43 Å². The Hall–Kier alpha value is -1.68. The van der Waals surface area contributed by atoms with Crippen molar-refractivity contribution in [1.82, 2.24) is 0 Å². The molecule has 4 rings (SSSR count). The number of hydrogen-bond acceptors (Lipinski definition) is 1. The minimum Gasteiger partial charge on any atom is -0.300 e. The minimum atomic E-state index is 0.520. The summed E-state index contributed by atoms with van der Waals surface area (Å²) in [6, 6.07) is 6.85. The van der Waals surface area contributed by atoms with E-state index in [9.17, 15) is 0 Å². The largest absolute Gasteiger partial charge is 0.300 e. The van der Waals surface area contributed by atoms with Crippen LogP contribution in [-0.2, 0) is 0 Å². The summed E-state index contributed by atoms with van der Waals surface area (Å²) in [5, 5.41) is 9.10. The Morgan fingerprint density at radius 2 is 1.76 bits per heavy atom. The van der Waals surface area contributed by atoms with Crippen LogP contribution in [0.25, 0.3) is 5.57 Å². The Bertz CT molecular complexity index is 1100. The number of alkyl halides is 1. The van der Waals surface area contributed by atoms with Crippen LogP contribution in [0.5, 0.6) is 0 Å². The maximum absolute atomic E-state index is 9.10. The van der Waals surface area contributed by atoms with Gasteiger partial charge in [-0.25, -0.2) is 0 Å². The normalized spacial score (nSPS) is 31.4. The molecule has 0 amide bonds. The lowest BCUT2D eigenvalue weighted by Crippen LogP contribution is -2.05. The average molecular weight is 566 g/mol. The zero-order valence-electron chi connectivity index (χ0n) is 21.3. The quantitative estimate of drug-likeness (QED) is 0.184. The van der Waals surface area contributed by atoms with Crippen LogP contribution >= 0.6 is 22.6 Å². The predicted molar refractivity (Wildman–Crippen MR) is 157 cm³/mol. The average Bonchev–Trinajstić information content (AvgIpc) is 3.21. The van der Waals surface area contributed by atoms with Gasteiger partial charge in [-0.2, -0.15) is 0 Å². The number of rotatable bonds is 8. The summed E-state index contributed by atoms with van der Waals surface area (Å²) in [6.45, 7) is 23.7. The fourth-order valence-corrected chi connectivity index (χ4v) is 7.77. The molecule has 1 aromatic rings. The summed E-state index contributed by atoms with van der Waals surface area (Å²) in [4.78, 5) is 0. The molecule has 3 aliphatic carbocycles. The molecule has 2 heteroatoms. The summed E-state index contributed by atoms with van der Waals surface area (Å²) in [7, 11) is 0. The third-order valence-electron chi connectivity index (χ3n) is 9.64. The second kappa shape index (κ2) is 9.41.